The minimum Gasteiger partial charge on any atom is -0.513 e. The molecule has 0 saturated heterocycles. The SMILES string of the molecule is C=C(O)[C@@H](C(C)C)[C@H](Cc1ccc(N)nc1)c1nnn[nH]1. The van der Waals surface area contributed by atoms with Gasteiger partial charge in [-0.2, -0.15) is 0 Å². The van der Waals surface area contributed by atoms with Gasteiger partial charge in [0.05, 0.1) is 5.76 Å². The van der Waals surface area contributed by atoms with Gasteiger partial charge in [-0.3, -0.25) is 0 Å². The van der Waals surface area contributed by atoms with Crippen molar-refractivity contribution in [3.8, 4) is 0 Å². The van der Waals surface area contributed by atoms with Crippen molar-refractivity contribution in [3.05, 3.63) is 42.1 Å². The molecular formula is C14H20N6O. The summed E-state index contributed by atoms with van der Waals surface area (Å²) in [5.41, 5.74) is 6.60. The van der Waals surface area contributed by atoms with Crippen LogP contribution in [0.2, 0.25) is 0 Å². The number of allylic oxidation sites excluding steroid dienone is 1. The van der Waals surface area contributed by atoms with E-state index in [0.717, 1.165) is 5.56 Å². The van der Waals surface area contributed by atoms with Crippen LogP contribution in [0.1, 0.15) is 31.2 Å². The van der Waals surface area contributed by atoms with E-state index in [1.165, 1.54) is 0 Å². The van der Waals surface area contributed by atoms with Crippen molar-refractivity contribution in [3.63, 3.8) is 0 Å². The van der Waals surface area contributed by atoms with Crippen LogP contribution in [-0.2, 0) is 6.42 Å². The first-order chi connectivity index (χ1) is 9.99. The molecule has 0 aliphatic carbocycles. The van der Waals surface area contributed by atoms with Crippen LogP contribution in [0.25, 0.3) is 0 Å². The molecular weight excluding hydrogens is 268 g/mol. The second kappa shape index (κ2) is 6.34. The molecule has 0 spiro atoms. The van der Waals surface area contributed by atoms with Crippen molar-refractivity contribution in [2.45, 2.75) is 26.2 Å². The number of nitrogens with one attached hydrogen (secondary N) is 1. The fourth-order valence-corrected chi connectivity index (χ4v) is 2.61. The van der Waals surface area contributed by atoms with Gasteiger partial charge in [-0.25, -0.2) is 10.1 Å². The number of aliphatic hydroxyl groups is 1. The molecule has 112 valence electrons. The molecule has 2 atom stereocenters. The molecule has 4 N–H and O–H groups in total. The maximum absolute atomic E-state index is 9.96. The fourth-order valence-electron chi connectivity index (χ4n) is 2.61. The Balaban J connectivity index is 2.32. The molecule has 0 bridgehead atoms. The Bertz CT molecular complexity index is 578. The number of pyridine rings is 1. The molecule has 0 aliphatic rings. The third-order valence-electron chi connectivity index (χ3n) is 3.55. The number of aromatic nitrogens is 5. The lowest BCUT2D eigenvalue weighted by atomic mass is 9.78. The summed E-state index contributed by atoms with van der Waals surface area (Å²) in [4.78, 5) is 4.09. The predicted molar refractivity (Wildman–Crippen MR) is 79.4 cm³/mol. The van der Waals surface area contributed by atoms with E-state index in [2.05, 4.69) is 32.2 Å². The molecule has 0 aromatic carbocycles. The number of aliphatic hydroxyl groups excluding tert-OH is 1. The van der Waals surface area contributed by atoms with Gasteiger partial charge < -0.3 is 10.8 Å². The molecule has 7 heteroatoms. The summed E-state index contributed by atoms with van der Waals surface area (Å²) in [5, 5.41) is 24.0. The van der Waals surface area contributed by atoms with Crippen LogP contribution < -0.4 is 5.73 Å². The highest BCUT2D eigenvalue weighted by Gasteiger charge is 2.31. The van der Waals surface area contributed by atoms with Crippen LogP contribution in [0.15, 0.2) is 30.7 Å². The monoisotopic (exact) mass is 288 g/mol. The summed E-state index contributed by atoms with van der Waals surface area (Å²) in [5.74, 6) is 1.17. The molecule has 2 heterocycles. The molecule has 2 rings (SSSR count). The largest absolute Gasteiger partial charge is 0.513 e. The van der Waals surface area contributed by atoms with Crippen molar-refractivity contribution in [1.29, 1.82) is 0 Å². The summed E-state index contributed by atoms with van der Waals surface area (Å²) in [6, 6.07) is 3.67. The molecule has 2 aromatic rings. The van der Waals surface area contributed by atoms with E-state index in [9.17, 15) is 5.11 Å². The average Bonchev–Trinajstić information content (AvgIpc) is 2.93. The summed E-state index contributed by atoms with van der Waals surface area (Å²) in [6.07, 6.45) is 2.36. The van der Waals surface area contributed by atoms with E-state index < -0.39 is 0 Å². The zero-order chi connectivity index (χ0) is 15.4. The number of anilines is 1. The molecule has 2 aromatic heterocycles. The van der Waals surface area contributed by atoms with E-state index in [1.54, 1.807) is 12.3 Å². The zero-order valence-electron chi connectivity index (χ0n) is 12.2. The second-order valence-corrected chi connectivity index (χ2v) is 5.45. The maximum Gasteiger partial charge on any atom is 0.152 e. The third kappa shape index (κ3) is 3.56. The predicted octanol–water partition coefficient (Wildman–Crippen LogP) is 1.85. The van der Waals surface area contributed by atoms with Gasteiger partial charge in [-0.1, -0.05) is 26.5 Å². The van der Waals surface area contributed by atoms with E-state index in [1.807, 2.05) is 19.9 Å². The van der Waals surface area contributed by atoms with Crippen LogP contribution in [0, 0.1) is 11.8 Å². The topological polar surface area (TPSA) is 114 Å². The van der Waals surface area contributed by atoms with Crippen molar-refractivity contribution < 1.29 is 5.11 Å². The zero-order valence-corrected chi connectivity index (χ0v) is 12.2. The van der Waals surface area contributed by atoms with Crippen LogP contribution >= 0.6 is 0 Å². The quantitative estimate of drug-likeness (QED) is 0.699. The van der Waals surface area contributed by atoms with Gasteiger partial charge in [-0.15, -0.1) is 5.10 Å². The highest BCUT2D eigenvalue weighted by atomic mass is 16.3. The van der Waals surface area contributed by atoms with Gasteiger partial charge in [0.1, 0.15) is 5.82 Å². The van der Waals surface area contributed by atoms with E-state index in [-0.39, 0.29) is 23.5 Å². The van der Waals surface area contributed by atoms with Gasteiger partial charge in [-0.05, 0) is 34.4 Å². The Morgan fingerprint density at radius 1 is 1.43 bits per heavy atom. The number of rotatable bonds is 6. The molecule has 0 amide bonds. The maximum atomic E-state index is 9.96. The van der Waals surface area contributed by atoms with Crippen LogP contribution in [0.3, 0.4) is 0 Å². The molecule has 0 unspecified atom stereocenters. The smallest absolute Gasteiger partial charge is 0.152 e. The van der Waals surface area contributed by atoms with E-state index in [4.69, 9.17) is 5.73 Å². The Kier molecular flexibility index (Phi) is 4.52. The molecule has 21 heavy (non-hydrogen) atoms. The molecule has 0 fully saturated rings. The first-order valence-corrected chi connectivity index (χ1v) is 6.80. The molecule has 7 nitrogen and oxygen atoms in total. The summed E-state index contributed by atoms with van der Waals surface area (Å²) >= 11 is 0. The number of tetrazole rings is 1. The van der Waals surface area contributed by atoms with Crippen LogP contribution in [-0.4, -0.2) is 30.7 Å². The van der Waals surface area contributed by atoms with E-state index in [0.29, 0.717) is 18.1 Å². The van der Waals surface area contributed by atoms with Crippen molar-refractivity contribution >= 4 is 5.82 Å². The lowest BCUT2D eigenvalue weighted by Crippen LogP contribution is -2.23. The van der Waals surface area contributed by atoms with Crippen molar-refractivity contribution in [2.24, 2.45) is 11.8 Å². The molecule has 0 radical (unpaired) electrons. The minimum absolute atomic E-state index is 0.108. The highest BCUT2D eigenvalue weighted by molar-refractivity contribution is 5.30. The van der Waals surface area contributed by atoms with Crippen molar-refractivity contribution in [1.82, 2.24) is 25.6 Å². The number of hydrogen-bond acceptors (Lipinski definition) is 6. The van der Waals surface area contributed by atoms with Gasteiger partial charge in [0.2, 0.25) is 0 Å². The minimum atomic E-state index is -0.155. The number of nitrogens with two attached hydrogens (primary N) is 1. The number of H-pyrrole nitrogens is 1. The van der Waals surface area contributed by atoms with Crippen LogP contribution in [0.5, 0.6) is 0 Å². The Morgan fingerprint density at radius 2 is 2.19 bits per heavy atom. The normalized spacial score (nSPS) is 14.0. The van der Waals surface area contributed by atoms with Crippen molar-refractivity contribution in [2.75, 3.05) is 5.73 Å². The van der Waals surface area contributed by atoms with Gasteiger partial charge in [0, 0.05) is 18.0 Å². The Labute approximate surface area is 123 Å². The lowest BCUT2D eigenvalue weighted by Gasteiger charge is -2.27. The molecule has 0 saturated carbocycles. The van der Waals surface area contributed by atoms with Crippen LogP contribution in [0.4, 0.5) is 5.82 Å². The Morgan fingerprint density at radius 3 is 2.67 bits per heavy atom. The van der Waals surface area contributed by atoms with Gasteiger partial charge in [0.15, 0.2) is 5.82 Å². The highest BCUT2D eigenvalue weighted by Crippen LogP contribution is 2.34. The number of hydrogen-bond donors (Lipinski definition) is 3. The number of aromatic amines is 1. The molecule has 0 aliphatic heterocycles. The summed E-state index contributed by atoms with van der Waals surface area (Å²) < 4.78 is 0. The second-order valence-electron chi connectivity index (χ2n) is 5.45. The first kappa shape index (κ1) is 15.0. The Hall–Kier alpha value is -2.44. The lowest BCUT2D eigenvalue weighted by molar-refractivity contribution is 0.243. The standard InChI is InChI=1S/C14H20N6O/c1-8(2)13(9(3)21)11(14-17-19-20-18-14)6-10-4-5-12(15)16-7-10/h4-5,7-8,11,13,21H,3,6H2,1-2H3,(H2,15,16)(H,17,18,19,20)/t11-,13+/m0/s1. The summed E-state index contributed by atoms with van der Waals surface area (Å²) in [6.45, 7) is 7.76. The summed E-state index contributed by atoms with van der Waals surface area (Å²) in [7, 11) is 0. The average molecular weight is 288 g/mol. The first-order valence-electron chi connectivity index (χ1n) is 6.80. The number of nitrogens with zero attached hydrogens (tertiary/aromatic N) is 4. The van der Waals surface area contributed by atoms with Gasteiger partial charge in [0.25, 0.3) is 0 Å². The fraction of sp³-hybridized carbons (Fsp3) is 0.429. The number of nitrogen functional groups attached to an aromatic ring is 1. The van der Waals surface area contributed by atoms with E-state index >= 15 is 0 Å². The third-order valence-corrected chi connectivity index (χ3v) is 3.55. The van der Waals surface area contributed by atoms with Gasteiger partial charge >= 0.3 is 0 Å².